The third-order valence-electron chi connectivity index (χ3n) is 7.02. The SMILES string of the molecule is C=CC1CC=C(c2ccc(-c3ccc(-c4ccc(OCCCCCC)c(F)c4F)cc3)c(F)c2F)CC1. The molecule has 1 unspecified atom stereocenters. The Bertz CT molecular complexity index is 1280. The molecule has 3 aromatic carbocycles. The third kappa shape index (κ3) is 5.98. The van der Waals surface area contributed by atoms with E-state index in [2.05, 4.69) is 13.5 Å². The smallest absolute Gasteiger partial charge is 0.201 e. The number of unbranched alkanes of at least 4 members (excludes halogenated alkanes) is 3. The topological polar surface area (TPSA) is 9.23 Å². The van der Waals surface area contributed by atoms with Crippen LogP contribution >= 0.6 is 0 Å². The second-order valence-corrected chi connectivity index (χ2v) is 9.51. The van der Waals surface area contributed by atoms with E-state index in [-0.39, 0.29) is 22.4 Å². The first-order chi connectivity index (χ1) is 17.9. The molecule has 0 spiro atoms. The van der Waals surface area contributed by atoms with E-state index < -0.39 is 23.3 Å². The molecule has 0 aliphatic heterocycles. The standard InChI is InChI=1S/C32H32F4O/c1-3-5-6-7-20-37-28-19-18-27(31(35)32(28)36)24-14-12-23(13-15-24)26-17-16-25(29(33)30(26)34)22-10-8-21(4-2)9-11-22/h4,10,12-19,21H,2-3,5-9,11,20H2,1H3. The molecule has 1 aliphatic carbocycles. The predicted molar refractivity (Wildman–Crippen MR) is 142 cm³/mol. The number of allylic oxidation sites excluding steroid dienone is 3. The van der Waals surface area contributed by atoms with Gasteiger partial charge in [-0.1, -0.05) is 74.7 Å². The van der Waals surface area contributed by atoms with Crippen molar-refractivity contribution in [1.82, 2.24) is 0 Å². The van der Waals surface area contributed by atoms with Crippen LogP contribution in [0.4, 0.5) is 17.6 Å². The van der Waals surface area contributed by atoms with E-state index in [4.69, 9.17) is 4.74 Å². The van der Waals surface area contributed by atoms with Gasteiger partial charge < -0.3 is 4.74 Å². The van der Waals surface area contributed by atoms with Crippen LogP contribution in [-0.2, 0) is 0 Å². The molecule has 0 saturated heterocycles. The van der Waals surface area contributed by atoms with Gasteiger partial charge in [0.15, 0.2) is 23.2 Å². The maximum atomic E-state index is 15.1. The molecule has 1 aliphatic rings. The fourth-order valence-corrected chi connectivity index (χ4v) is 4.74. The minimum Gasteiger partial charge on any atom is -0.490 e. The second kappa shape index (κ2) is 12.3. The first-order valence-electron chi connectivity index (χ1n) is 13.0. The van der Waals surface area contributed by atoms with Gasteiger partial charge in [0.2, 0.25) is 5.82 Å². The quantitative estimate of drug-likeness (QED) is 0.150. The Hall–Kier alpha value is -3.34. The number of ether oxygens (including phenoxy) is 1. The van der Waals surface area contributed by atoms with Gasteiger partial charge in [-0.3, -0.25) is 0 Å². The summed E-state index contributed by atoms with van der Waals surface area (Å²) in [6.45, 7) is 6.24. The van der Waals surface area contributed by atoms with Crippen LogP contribution in [0.5, 0.6) is 5.75 Å². The van der Waals surface area contributed by atoms with Crippen molar-refractivity contribution in [1.29, 1.82) is 0 Å². The van der Waals surface area contributed by atoms with E-state index >= 15 is 8.78 Å². The van der Waals surface area contributed by atoms with Crippen LogP contribution in [0, 0.1) is 29.2 Å². The summed E-state index contributed by atoms with van der Waals surface area (Å²) in [6.07, 6.45) is 10.1. The van der Waals surface area contributed by atoms with Crippen molar-refractivity contribution in [3.63, 3.8) is 0 Å². The van der Waals surface area contributed by atoms with Crippen LogP contribution in [-0.4, -0.2) is 6.61 Å². The molecule has 0 aromatic heterocycles. The Labute approximate surface area is 216 Å². The minimum atomic E-state index is -1.03. The minimum absolute atomic E-state index is 0.0754. The van der Waals surface area contributed by atoms with E-state index in [1.54, 1.807) is 36.4 Å². The first-order valence-corrected chi connectivity index (χ1v) is 13.0. The van der Waals surface area contributed by atoms with Crippen molar-refractivity contribution in [2.75, 3.05) is 6.61 Å². The van der Waals surface area contributed by atoms with E-state index in [1.165, 1.54) is 12.1 Å². The lowest BCUT2D eigenvalue weighted by molar-refractivity contribution is 0.285. The zero-order valence-corrected chi connectivity index (χ0v) is 21.1. The van der Waals surface area contributed by atoms with E-state index in [1.807, 2.05) is 12.2 Å². The van der Waals surface area contributed by atoms with Gasteiger partial charge in [-0.05, 0) is 60.4 Å². The monoisotopic (exact) mass is 508 g/mol. The van der Waals surface area contributed by atoms with Gasteiger partial charge in [-0.15, -0.1) is 6.58 Å². The van der Waals surface area contributed by atoms with Gasteiger partial charge in [-0.2, -0.15) is 4.39 Å². The number of benzene rings is 3. The molecule has 0 heterocycles. The van der Waals surface area contributed by atoms with Gasteiger partial charge in [0.25, 0.3) is 0 Å². The van der Waals surface area contributed by atoms with Crippen molar-refractivity contribution in [3.8, 4) is 28.0 Å². The van der Waals surface area contributed by atoms with Crippen molar-refractivity contribution in [2.24, 2.45) is 5.92 Å². The molecule has 4 rings (SSSR count). The molecule has 0 saturated carbocycles. The summed E-state index contributed by atoms with van der Waals surface area (Å²) >= 11 is 0. The fraction of sp³-hybridized carbons (Fsp3) is 0.312. The van der Waals surface area contributed by atoms with Crippen LogP contribution in [0.25, 0.3) is 27.8 Å². The fourth-order valence-electron chi connectivity index (χ4n) is 4.74. The Balaban J connectivity index is 1.52. The zero-order chi connectivity index (χ0) is 26.4. The van der Waals surface area contributed by atoms with Crippen molar-refractivity contribution >= 4 is 5.57 Å². The number of halogens is 4. The second-order valence-electron chi connectivity index (χ2n) is 9.51. The summed E-state index contributed by atoms with van der Waals surface area (Å²) < 4.78 is 64.9. The van der Waals surface area contributed by atoms with E-state index in [0.29, 0.717) is 30.1 Å². The van der Waals surface area contributed by atoms with Crippen molar-refractivity contribution in [3.05, 3.63) is 96.1 Å². The summed E-state index contributed by atoms with van der Waals surface area (Å²) in [5.41, 5.74) is 2.16. The summed E-state index contributed by atoms with van der Waals surface area (Å²) in [4.78, 5) is 0. The Kier molecular flexibility index (Phi) is 8.86. The molecule has 5 heteroatoms. The maximum Gasteiger partial charge on any atom is 0.201 e. The highest BCUT2D eigenvalue weighted by atomic mass is 19.2. The Morgan fingerprint density at radius 2 is 1.38 bits per heavy atom. The summed E-state index contributed by atoms with van der Waals surface area (Å²) in [5, 5.41) is 0. The van der Waals surface area contributed by atoms with Crippen LogP contribution in [0.2, 0.25) is 0 Å². The van der Waals surface area contributed by atoms with Gasteiger partial charge >= 0.3 is 0 Å². The predicted octanol–water partition coefficient (Wildman–Crippen LogP) is 9.91. The third-order valence-corrected chi connectivity index (χ3v) is 7.02. The van der Waals surface area contributed by atoms with Crippen LogP contribution in [0.1, 0.15) is 57.4 Å². The average molecular weight is 509 g/mol. The van der Waals surface area contributed by atoms with Crippen LogP contribution in [0.15, 0.2) is 67.3 Å². The number of rotatable bonds is 10. The van der Waals surface area contributed by atoms with E-state index in [9.17, 15) is 8.78 Å². The number of hydrogen-bond acceptors (Lipinski definition) is 1. The highest BCUT2D eigenvalue weighted by Crippen LogP contribution is 2.36. The lowest BCUT2D eigenvalue weighted by atomic mass is 9.86. The van der Waals surface area contributed by atoms with Crippen LogP contribution < -0.4 is 4.74 Å². The molecule has 1 atom stereocenters. The van der Waals surface area contributed by atoms with Gasteiger partial charge in [0, 0.05) is 16.7 Å². The molecule has 37 heavy (non-hydrogen) atoms. The normalized spacial score (nSPS) is 15.4. The number of hydrogen-bond donors (Lipinski definition) is 0. The van der Waals surface area contributed by atoms with Gasteiger partial charge in [0.05, 0.1) is 6.61 Å². The summed E-state index contributed by atoms with van der Waals surface area (Å²) in [5.74, 6) is -3.57. The molecular weight excluding hydrogens is 476 g/mol. The first kappa shape index (κ1) is 26.7. The largest absolute Gasteiger partial charge is 0.490 e. The van der Waals surface area contributed by atoms with E-state index in [0.717, 1.165) is 44.1 Å². The molecule has 0 amide bonds. The molecule has 1 nitrogen and oxygen atoms in total. The molecular formula is C32H32F4O. The highest BCUT2D eigenvalue weighted by Gasteiger charge is 2.21. The summed E-state index contributed by atoms with van der Waals surface area (Å²) in [7, 11) is 0. The molecule has 0 radical (unpaired) electrons. The lowest BCUT2D eigenvalue weighted by Gasteiger charge is -2.20. The molecule has 0 bridgehead atoms. The van der Waals surface area contributed by atoms with Gasteiger partial charge in [-0.25, -0.2) is 13.2 Å². The Morgan fingerprint density at radius 1 is 0.784 bits per heavy atom. The molecule has 194 valence electrons. The van der Waals surface area contributed by atoms with Crippen LogP contribution in [0.3, 0.4) is 0 Å². The zero-order valence-electron chi connectivity index (χ0n) is 21.1. The highest BCUT2D eigenvalue weighted by molar-refractivity contribution is 5.74. The molecule has 0 fully saturated rings. The lowest BCUT2D eigenvalue weighted by Crippen LogP contribution is -2.04. The Morgan fingerprint density at radius 3 is 1.97 bits per heavy atom. The average Bonchev–Trinajstić information content (AvgIpc) is 2.93. The molecule has 0 N–H and O–H groups in total. The molecule has 3 aromatic rings. The van der Waals surface area contributed by atoms with Crippen molar-refractivity contribution < 1.29 is 22.3 Å². The van der Waals surface area contributed by atoms with Crippen molar-refractivity contribution in [2.45, 2.75) is 51.9 Å². The van der Waals surface area contributed by atoms with Gasteiger partial charge in [0.1, 0.15) is 0 Å². The maximum absolute atomic E-state index is 15.1. The summed E-state index contributed by atoms with van der Waals surface area (Å²) in [6, 6.07) is 12.4.